The molecule has 4 rings (SSSR count). The normalized spacial score (nSPS) is 15.3. The molecule has 1 saturated carbocycles. The molecule has 0 bridgehead atoms. The van der Waals surface area contributed by atoms with Crippen molar-refractivity contribution < 1.29 is 9.50 Å². The van der Waals surface area contributed by atoms with Gasteiger partial charge in [-0.3, -0.25) is 4.57 Å². The van der Waals surface area contributed by atoms with Gasteiger partial charge in [0.25, 0.3) is 0 Å². The third-order valence-electron chi connectivity index (χ3n) is 4.25. The SMILES string of the molecule is O[C@@H](CSc1nnc(-c2ccccc2F)n1C1CC1)c1ccccc1. The molecule has 6 heteroatoms. The summed E-state index contributed by atoms with van der Waals surface area (Å²) in [6.07, 6.45) is 1.52. The molecule has 1 fully saturated rings. The fourth-order valence-electron chi connectivity index (χ4n) is 2.79. The molecule has 1 atom stereocenters. The third kappa shape index (κ3) is 3.45. The Morgan fingerprint density at radius 1 is 1.08 bits per heavy atom. The van der Waals surface area contributed by atoms with E-state index in [2.05, 4.69) is 10.2 Å². The van der Waals surface area contributed by atoms with Crippen LogP contribution >= 0.6 is 11.8 Å². The highest BCUT2D eigenvalue weighted by atomic mass is 32.2. The largest absolute Gasteiger partial charge is 0.388 e. The molecule has 1 N–H and O–H groups in total. The lowest BCUT2D eigenvalue weighted by Gasteiger charge is -2.12. The zero-order valence-electron chi connectivity index (χ0n) is 13.5. The number of aliphatic hydroxyl groups excluding tert-OH is 1. The molecule has 0 aliphatic heterocycles. The topological polar surface area (TPSA) is 50.9 Å². The number of nitrogens with zero attached hydrogens (tertiary/aromatic N) is 3. The molecule has 1 aliphatic carbocycles. The van der Waals surface area contributed by atoms with Gasteiger partial charge in [0.05, 0.1) is 11.7 Å². The molecule has 0 radical (unpaired) electrons. The first kappa shape index (κ1) is 16.3. The van der Waals surface area contributed by atoms with E-state index in [1.54, 1.807) is 18.2 Å². The number of rotatable bonds is 6. The Labute approximate surface area is 149 Å². The van der Waals surface area contributed by atoms with Crippen LogP contribution in [0.3, 0.4) is 0 Å². The van der Waals surface area contributed by atoms with Crippen LogP contribution < -0.4 is 0 Å². The zero-order chi connectivity index (χ0) is 17.2. The van der Waals surface area contributed by atoms with Gasteiger partial charge in [-0.15, -0.1) is 10.2 Å². The first-order valence-electron chi connectivity index (χ1n) is 8.29. The van der Waals surface area contributed by atoms with Gasteiger partial charge < -0.3 is 5.11 Å². The summed E-state index contributed by atoms with van der Waals surface area (Å²) < 4.78 is 16.2. The van der Waals surface area contributed by atoms with E-state index in [9.17, 15) is 9.50 Å². The number of hydrogen-bond donors (Lipinski definition) is 1. The number of hydrogen-bond acceptors (Lipinski definition) is 4. The van der Waals surface area contributed by atoms with E-state index >= 15 is 0 Å². The van der Waals surface area contributed by atoms with E-state index in [-0.39, 0.29) is 5.82 Å². The molecular formula is C19H18FN3OS. The second-order valence-electron chi connectivity index (χ2n) is 6.12. The third-order valence-corrected chi connectivity index (χ3v) is 5.26. The van der Waals surface area contributed by atoms with Gasteiger partial charge in [0.2, 0.25) is 0 Å². The van der Waals surface area contributed by atoms with Crippen molar-refractivity contribution in [2.24, 2.45) is 0 Å². The number of aliphatic hydroxyl groups is 1. The first-order valence-corrected chi connectivity index (χ1v) is 9.28. The molecule has 4 nitrogen and oxygen atoms in total. The average Bonchev–Trinajstić information content (AvgIpc) is 3.40. The van der Waals surface area contributed by atoms with Crippen molar-refractivity contribution in [1.29, 1.82) is 0 Å². The summed E-state index contributed by atoms with van der Waals surface area (Å²) in [4.78, 5) is 0. The molecule has 0 saturated heterocycles. The molecule has 0 spiro atoms. The highest BCUT2D eigenvalue weighted by Gasteiger charge is 2.31. The molecule has 0 unspecified atom stereocenters. The van der Waals surface area contributed by atoms with Crippen LogP contribution in [0.25, 0.3) is 11.4 Å². The van der Waals surface area contributed by atoms with E-state index < -0.39 is 6.10 Å². The van der Waals surface area contributed by atoms with Crippen molar-refractivity contribution in [3.63, 3.8) is 0 Å². The second-order valence-corrected chi connectivity index (χ2v) is 7.11. The van der Waals surface area contributed by atoms with Crippen molar-refractivity contribution >= 4 is 11.8 Å². The Morgan fingerprint density at radius 2 is 1.80 bits per heavy atom. The van der Waals surface area contributed by atoms with E-state index in [0.717, 1.165) is 23.6 Å². The monoisotopic (exact) mass is 355 g/mol. The lowest BCUT2D eigenvalue weighted by Crippen LogP contribution is -2.04. The van der Waals surface area contributed by atoms with Gasteiger partial charge in [-0.25, -0.2) is 4.39 Å². The molecule has 1 aliphatic rings. The van der Waals surface area contributed by atoms with Crippen LogP contribution in [0, 0.1) is 5.82 Å². The maximum Gasteiger partial charge on any atom is 0.191 e. The molecule has 3 aromatic rings. The maximum absolute atomic E-state index is 14.2. The number of aromatic nitrogens is 3. The Bertz CT molecular complexity index is 864. The smallest absolute Gasteiger partial charge is 0.191 e. The van der Waals surface area contributed by atoms with Crippen LogP contribution in [0.2, 0.25) is 0 Å². The van der Waals surface area contributed by atoms with Crippen molar-refractivity contribution in [3.8, 4) is 11.4 Å². The Morgan fingerprint density at radius 3 is 2.52 bits per heavy atom. The fraction of sp³-hybridized carbons (Fsp3) is 0.263. The molecular weight excluding hydrogens is 337 g/mol. The second kappa shape index (κ2) is 6.98. The summed E-state index contributed by atoms with van der Waals surface area (Å²) in [6, 6.07) is 16.5. The lowest BCUT2D eigenvalue weighted by molar-refractivity contribution is 0.204. The molecule has 1 aromatic heterocycles. The highest BCUT2D eigenvalue weighted by Crippen LogP contribution is 2.41. The van der Waals surface area contributed by atoms with Crippen LogP contribution in [0.5, 0.6) is 0 Å². The van der Waals surface area contributed by atoms with Crippen LogP contribution in [0.4, 0.5) is 4.39 Å². The number of thioether (sulfide) groups is 1. The first-order chi connectivity index (χ1) is 12.2. The summed E-state index contributed by atoms with van der Waals surface area (Å²) in [7, 11) is 0. The number of halogens is 1. The van der Waals surface area contributed by atoms with Gasteiger partial charge in [-0.05, 0) is 30.5 Å². The van der Waals surface area contributed by atoms with Gasteiger partial charge in [-0.1, -0.05) is 54.2 Å². The molecule has 0 amide bonds. The lowest BCUT2D eigenvalue weighted by atomic mass is 10.1. The van der Waals surface area contributed by atoms with Crippen LogP contribution in [-0.4, -0.2) is 25.6 Å². The predicted molar refractivity (Wildman–Crippen MR) is 95.8 cm³/mol. The Kier molecular flexibility index (Phi) is 4.55. The summed E-state index contributed by atoms with van der Waals surface area (Å²) in [5, 5.41) is 19.6. The average molecular weight is 355 g/mol. The fourth-order valence-corrected chi connectivity index (χ4v) is 3.76. The van der Waals surface area contributed by atoms with Crippen molar-refractivity contribution in [2.75, 3.05) is 5.75 Å². The Balaban J connectivity index is 1.58. The van der Waals surface area contributed by atoms with Crippen LogP contribution in [0.1, 0.15) is 30.6 Å². The van der Waals surface area contributed by atoms with Crippen molar-refractivity contribution in [1.82, 2.24) is 14.8 Å². The van der Waals surface area contributed by atoms with Gasteiger partial charge >= 0.3 is 0 Å². The molecule has 25 heavy (non-hydrogen) atoms. The van der Waals surface area contributed by atoms with E-state index in [1.165, 1.54) is 17.8 Å². The standard InChI is InChI=1S/C19H18FN3OS/c20-16-9-5-4-8-15(16)18-21-22-19(23(18)14-10-11-14)25-12-17(24)13-6-2-1-3-7-13/h1-9,14,17,24H,10-12H2/t17-/m0/s1. The van der Waals surface area contributed by atoms with E-state index in [1.807, 2.05) is 34.9 Å². The number of benzene rings is 2. The summed E-state index contributed by atoms with van der Waals surface area (Å²) >= 11 is 1.46. The van der Waals surface area contributed by atoms with Gasteiger partial charge in [0.1, 0.15) is 5.82 Å². The minimum absolute atomic E-state index is 0.294. The summed E-state index contributed by atoms with van der Waals surface area (Å²) in [5.41, 5.74) is 1.35. The van der Waals surface area contributed by atoms with Crippen LogP contribution in [0.15, 0.2) is 59.8 Å². The maximum atomic E-state index is 14.2. The van der Waals surface area contributed by atoms with Gasteiger partial charge in [0, 0.05) is 11.8 Å². The molecule has 2 aromatic carbocycles. The summed E-state index contributed by atoms with van der Waals surface area (Å²) in [5.74, 6) is 0.751. The van der Waals surface area contributed by atoms with Crippen molar-refractivity contribution in [3.05, 3.63) is 66.0 Å². The minimum Gasteiger partial charge on any atom is -0.388 e. The van der Waals surface area contributed by atoms with Crippen LogP contribution in [-0.2, 0) is 0 Å². The van der Waals surface area contributed by atoms with Gasteiger partial charge in [-0.2, -0.15) is 0 Å². The van der Waals surface area contributed by atoms with E-state index in [4.69, 9.17) is 0 Å². The molecule has 1 heterocycles. The predicted octanol–water partition coefficient (Wildman–Crippen LogP) is 4.24. The quantitative estimate of drug-likeness (QED) is 0.672. The van der Waals surface area contributed by atoms with Crippen molar-refractivity contribution in [2.45, 2.75) is 30.1 Å². The summed E-state index contributed by atoms with van der Waals surface area (Å²) in [6.45, 7) is 0. The highest BCUT2D eigenvalue weighted by molar-refractivity contribution is 7.99. The van der Waals surface area contributed by atoms with Gasteiger partial charge in [0.15, 0.2) is 11.0 Å². The Hall–Kier alpha value is -2.18. The molecule has 128 valence electrons. The zero-order valence-corrected chi connectivity index (χ0v) is 14.4. The van der Waals surface area contributed by atoms with E-state index in [0.29, 0.717) is 23.2 Å². The minimum atomic E-state index is -0.576.